The van der Waals surface area contributed by atoms with Crippen molar-refractivity contribution in [3.05, 3.63) is 35.5 Å². The third kappa shape index (κ3) is 3.38. The molecule has 2 heterocycles. The Hall–Kier alpha value is -2.57. The van der Waals surface area contributed by atoms with Crippen LogP contribution >= 0.6 is 0 Å². The maximum Gasteiger partial charge on any atom is 0.229 e. The first kappa shape index (κ1) is 16.9. The number of rotatable bonds is 5. The Kier molecular flexibility index (Phi) is 4.77. The third-order valence-electron chi connectivity index (χ3n) is 5.16. The molecule has 1 amide bonds. The Balaban J connectivity index is 1.34. The zero-order valence-electron chi connectivity index (χ0n) is 14.9. The van der Waals surface area contributed by atoms with Gasteiger partial charge in [0.15, 0.2) is 17.3 Å². The number of hydrogen-bond donors (Lipinski definition) is 1. The summed E-state index contributed by atoms with van der Waals surface area (Å²) < 4.78 is 16.4. The Morgan fingerprint density at radius 3 is 3.00 bits per heavy atom. The average molecular weight is 357 g/mol. The summed E-state index contributed by atoms with van der Waals surface area (Å²) in [5.41, 5.74) is 0.985. The van der Waals surface area contributed by atoms with Gasteiger partial charge in [-0.2, -0.15) is 4.98 Å². The van der Waals surface area contributed by atoms with Crippen molar-refractivity contribution in [2.75, 3.05) is 13.7 Å². The number of amides is 1. The van der Waals surface area contributed by atoms with Gasteiger partial charge >= 0.3 is 0 Å². The predicted molar refractivity (Wildman–Crippen MR) is 93.0 cm³/mol. The van der Waals surface area contributed by atoms with Gasteiger partial charge < -0.3 is 19.3 Å². The molecule has 138 valence electrons. The van der Waals surface area contributed by atoms with Crippen LogP contribution in [0.3, 0.4) is 0 Å². The summed E-state index contributed by atoms with van der Waals surface area (Å²) in [7, 11) is 1.61. The lowest BCUT2D eigenvalue weighted by Gasteiger charge is -2.25. The van der Waals surface area contributed by atoms with Crippen LogP contribution in [0.2, 0.25) is 0 Å². The summed E-state index contributed by atoms with van der Waals surface area (Å²) in [6.07, 6.45) is 5.27. The average Bonchev–Trinajstić information content (AvgIpc) is 3.36. The summed E-state index contributed by atoms with van der Waals surface area (Å²) >= 11 is 0. The van der Waals surface area contributed by atoms with E-state index >= 15 is 0 Å². The molecule has 1 N–H and O–H groups in total. The largest absolute Gasteiger partial charge is 0.493 e. The molecule has 26 heavy (non-hydrogen) atoms. The van der Waals surface area contributed by atoms with E-state index in [-0.39, 0.29) is 18.4 Å². The zero-order valence-corrected chi connectivity index (χ0v) is 14.9. The number of benzene rings is 1. The number of ether oxygens (including phenoxy) is 2. The number of fused-ring (bicyclic) bond motifs is 1. The lowest BCUT2D eigenvalue weighted by atomic mass is 9.95. The molecule has 1 saturated carbocycles. The third-order valence-corrected chi connectivity index (χ3v) is 5.16. The summed E-state index contributed by atoms with van der Waals surface area (Å²) in [6, 6.07) is 5.73. The molecule has 0 bridgehead atoms. The second kappa shape index (κ2) is 7.35. The number of carbonyl (C=O) groups excluding carboxylic acids is 1. The minimum atomic E-state index is -0.240. The van der Waals surface area contributed by atoms with Crippen molar-refractivity contribution < 1.29 is 18.8 Å². The van der Waals surface area contributed by atoms with Crippen molar-refractivity contribution in [3.8, 4) is 11.5 Å². The summed E-state index contributed by atoms with van der Waals surface area (Å²) in [4.78, 5) is 16.9. The van der Waals surface area contributed by atoms with Crippen LogP contribution < -0.4 is 14.8 Å². The van der Waals surface area contributed by atoms with E-state index in [9.17, 15) is 4.79 Å². The minimum Gasteiger partial charge on any atom is -0.493 e. The molecular formula is C19H23N3O4. The van der Waals surface area contributed by atoms with E-state index in [2.05, 4.69) is 15.5 Å². The van der Waals surface area contributed by atoms with Gasteiger partial charge in [-0.3, -0.25) is 4.79 Å². The molecule has 1 aliphatic carbocycles. The molecule has 7 heteroatoms. The van der Waals surface area contributed by atoms with Crippen LogP contribution in [-0.4, -0.2) is 29.8 Å². The Morgan fingerprint density at radius 1 is 1.35 bits per heavy atom. The van der Waals surface area contributed by atoms with Crippen molar-refractivity contribution in [2.24, 2.45) is 5.92 Å². The second-order valence-electron chi connectivity index (χ2n) is 6.91. The van der Waals surface area contributed by atoms with E-state index in [1.807, 2.05) is 18.2 Å². The molecule has 1 fully saturated rings. The van der Waals surface area contributed by atoms with Crippen LogP contribution in [-0.2, 0) is 17.8 Å². The summed E-state index contributed by atoms with van der Waals surface area (Å²) in [6.45, 7) is 0.606. The SMILES string of the molecule is COc1cccc2c1OC[C@@H](C(=O)NCc1noc(C3CCCC3)n1)C2. The lowest BCUT2D eigenvalue weighted by molar-refractivity contribution is -0.126. The molecule has 1 aromatic carbocycles. The van der Waals surface area contributed by atoms with Crippen LogP contribution in [0.25, 0.3) is 0 Å². The van der Waals surface area contributed by atoms with E-state index in [4.69, 9.17) is 14.0 Å². The Morgan fingerprint density at radius 2 is 2.19 bits per heavy atom. The van der Waals surface area contributed by atoms with E-state index in [0.29, 0.717) is 36.4 Å². The molecular weight excluding hydrogens is 334 g/mol. The maximum absolute atomic E-state index is 12.5. The molecule has 2 aromatic rings. The van der Waals surface area contributed by atoms with Crippen molar-refractivity contribution in [1.82, 2.24) is 15.5 Å². The van der Waals surface area contributed by atoms with Gasteiger partial charge in [0, 0.05) is 5.92 Å². The van der Waals surface area contributed by atoms with Gasteiger partial charge in [0.1, 0.15) is 6.61 Å². The van der Waals surface area contributed by atoms with Crippen molar-refractivity contribution in [1.29, 1.82) is 0 Å². The highest BCUT2D eigenvalue weighted by molar-refractivity contribution is 5.79. The van der Waals surface area contributed by atoms with E-state index in [0.717, 1.165) is 24.2 Å². The summed E-state index contributed by atoms with van der Waals surface area (Å²) in [5, 5.41) is 6.88. The van der Waals surface area contributed by atoms with Gasteiger partial charge in [-0.1, -0.05) is 30.1 Å². The minimum absolute atomic E-state index is 0.0642. The van der Waals surface area contributed by atoms with Crippen LogP contribution in [0.15, 0.2) is 22.7 Å². The van der Waals surface area contributed by atoms with Gasteiger partial charge in [-0.05, 0) is 30.9 Å². The van der Waals surface area contributed by atoms with Crippen LogP contribution in [0.4, 0.5) is 0 Å². The number of para-hydroxylation sites is 1. The molecule has 2 aliphatic rings. The number of carbonyl (C=O) groups is 1. The second-order valence-corrected chi connectivity index (χ2v) is 6.91. The van der Waals surface area contributed by atoms with Crippen LogP contribution in [0.5, 0.6) is 11.5 Å². The predicted octanol–water partition coefficient (Wildman–Crippen LogP) is 2.60. The highest BCUT2D eigenvalue weighted by Gasteiger charge is 2.28. The van der Waals surface area contributed by atoms with Gasteiger partial charge in [0.05, 0.1) is 19.6 Å². The fourth-order valence-corrected chi connectivity index (χ4v) is 3.71. The first-order valence-corrected chi connectivity index (χ1v) is 9.13. The normalized spacial score (nSPS) is 19.7. The first-order chi connectivity index (χ1) is 12.7. The molecule has 7 nitrogen and oxygen atoms in total. The highest BCUT2D eigenvalue weighted by Crippen LogP contribution is 2.36. The van der Waals surface area contributed by atoms with Gasteiger partial charge in [0.25, 0.3) is 0 Å². The summed E-state index contributed by atoms with van der Waals surface area (Å²) in [5.74, 6) is 2.74. The molecule has 1 atom stereocenters. The quantitative estimate of drug-likeness (QED) is 0.885. The molecule has 4 rings (SSSR count). The fraction of sp³-hybridized carbons (Fsp3) is 0.526. The number of aromatic nitrogens is 2. The molecule has 1 aromatic heterocycles. The van der Waals surface area contributed by atoms with Crippen molar-refractivity contribution in [3.63, 3.8) is 0 Å². The van der Waals surface area contributed by atoms with Crippen molar-refractivity contribution >= 4 is 5.91 Å². The van der Waals surface area contributed by atoms with E-state index in [1.54, 1.807) is 7.11 Å². The van der Waals surface area contributed by atoms with Gasteiger partial charge in [0.2, 0.25) is 11.8 Å². The Bertz CT molecular complexity index is 783. The Labute approximate surface area is 152 Å². The number of methoxy groups -OCH3 is 1. The topological polar surface area (TPSA) is 86.5 Å². The zero-order chi connectivity index (χ0) is 17.9. The molecule has 0 radical (unpaired) electrons. The molecule has 0 unspecified atom stereocenters. The molecule has 0 saturated heterocycles. The van der Waals surface area contributed by atoms with Crippen LogP contribution in [0.1, 0.15) is 48.9 Å². The standard InChI is InChI=1S/C19H23N3O4/c1-24-15-8-4-7-13-9-14(11-25-17(13)15)18(23)20-10-16-21-19(26-22-16)12-5-2-3-6-12/h4,7-8,12,14H,2-3,5-6,9-11H2,1H3,(H,20,23)/t14-/m0/s1. The number of nitrogens with one attached hydrogen (secondary N) is 1. The first-order valence-electron chi connectivity index (χ1n) is 9.13. The van der Waals surface area contributed by atoms with Crippen molar-refractivity contribution in [2.45, 2.75) is 44.6 Å². The number of nitrogens with zero attached hydrogens (tertiary/aromatic N) is 2. The maximum atomic E-state index is 12.5. The molecule has 1 aliphatic heterocycles. The van der Waals surface area contributed by atoms with E-state index in [1.165, 1.54) is 12.8 Å². The lowest BCUT2D eigenvalue weighted by Crippen LogP contribution is -2.37. The highest BCUT2D eigenvalue weighted by atomic mass is 16.5. The van der Waals surface area contributed by atoms with E-state index < -0.39 is 0 Å². The molecule has 0 spiro atoms. The number of hydrogen-bond acceptors (Lipinski definition) is 6. The fourth-order valence-electron chi connectivity index (χ4n) is 3.71. The van der Waals surface area contributed by atoms with Gasteiger partial charge in [-0.25, -0.2) is 0 Å². The smallest absolute Gasteiger partial charge is 0.229 e. The van der Waals surface area contributed by atoms with Crippen LogP contribution in [0, 0.1) is 5.92 Å². The van der Waals surface area contributed by atoms with Gasteiger partial charge in [-0.15, -0.1) is 0 Å². The monoisotopic (exact) mass is 357 g/mol.